The Labute approximate surface area is 185 Å². The van der Waals surface area contributed by atoms with E-state index in [-0.39, 0.29) is 24.7 Å². The average Bonchev–Trinajstić information content (AvgIpc) is 3.40. The summed E-state index contributed by atoms with van der Waals surface area (Å²) in [6, 6.07) is 10.3. The van der Waals surface area contributed by atoms with E-state index in [0.717, 1.165) is 4.68 Å². The molecule has 3 aromatic rings. The molecule has 2 aliphatic heterocycles. The molecule has 0 saturated heterocycles. The second-order valence-corrected chi connectivity index (χ2v) is 7.80. The van der Waals surface area contributed by atoms with Gasteiger partial charge in [0.05, 0.1) is 16.8 Å². The number of carbonyl (C=O) groups is 1. The number of nitrogens with one attached hydrogen (secondary N) is 2. The maximum absolute atomic E-state index is 13.9. The van der Waals surface area contributed by atoms with Gasteiger partial charge in [0.25, 0.3) is 5.91 Å². The van der Waals surface area contributed by atoms with E-state index < -0.39 is 24.2 Å². The van der Waals surface area contributed by atoms with Gasteiger partial charge >= 0.3 is 6.18 Å². The van der Waals surface area contributed by atoms with E-state index in [1.165, 1.54) is 6.07 Å². The highest BCUT2D eigenvalue weighted by atomic mass is 35.5. The lowest BCUT2D eigenvalue weighted by molar-refractivity contribution is -0.173. The van der Waals surface area contributed by atoms with Gasteiger partial charge in [-0.3, -0.25) is 4.79 Å². The van der Waals surface area contributed by atoms with Gasteiger partial charge < -0.3 is 20.1 Å². The van der Waals surface area contributed by atoms with Crippen LogP contribution in [0.25, 0.3) is 0 Å². The van der Waals surface area contributed by atoms with Crippen molar-refractivity contribution in [1.82, 2.24) is 9.78 Å². The molecule has 2 aromatic carbocycles. The summed E-state index contributed by atoms with van der Waals surface area (Å²) in [4.78, 5) is 12.6. The van der Waals surface area contributed by atoms with Gasteiger partial charge in [0.15, 0.2) is 23.2 Å². The van der Waals surface area contributed by atoms with E-state index >= 15 is 0 Å². The molecule has 2 atom stereocenters. The van der Waals surface area contributed by atoms with Crippen LogP contribution >= 0.6 is 11.6 Å². The van der Waals surface area contributed by atoms with Crippen LogP contribution in [0.15, 0.2) is 48.5 Å². The average molecular weight is 465 g/mol. The molecule has 0 saturated carbocycles. The van der Waals surface area contributed by atoms with Crippen molar-refractivity contribution >= 4 is 29.0 Å². The van der Waals surface area contributed by atoms with E-state index in [1.54, 1.807) is 42.5 Å². The summed E-state index contributed by atoms with van der Waals surface area (Å²) < 4.78 is 53.1. The summed E-state index contributed by atoms with van der Waals surface area (Å²) in [6.45, 7) is 0.0682. The quantitative estimate of drug-likeness (QED) is 0.558. The molecule has 0 unspecified atom stereocenters. The molecule has 2 aliphatic rings. The Hall–Kier alpha value is -3.40. The summed E-state index contributed by atoms with van der Waals surface area (Å²) in [7, 11) is 0. The molecule has 0 radical (unpaired) electrons. The number of fused-ring (bicyclic) bond motifs is 2. The highest BCUT2D eigenvalue weighted by molar-refractivity contribution is 6.33. The van der Waals surface area contributed by atoms with Crippen molar-refractivity contribution in [3.63, 3.8) is 0 Å². The first-order valence-corrected chi connectivity index (χ1v) is 10.1. The third-order valence-corrected chi connectivity index (χ3v) is 5.67. The zero-order chi connectivity index (χ0) is 22.5. The molecule has 11 heteroatoms. The summed E-state index contributed by atoms with van der Waals surface area (Å²) in [6.07, 6.45) is -4.86. The number of nitrogens with zero attached hydrogens (tertiary/aromatic N) is 2. The minimum absolute atomic E-state index is 0.0682. The number of hydrogen-bond acceptors (Lipinski definition) is 5. The zero-order valence-electron chi connectivity index (χ0n) is 16.3. The second kappa shape index (κ2) is 7.63. The van der Waals surface area contributed by atoms with Crippen molar-refractivity contribution in [3.8, 4) is 11.5 Å². The highest BCUT2D eigenvalue weighted by Crippen LogP contribution is 2.45. The van der Waals surface area contributed by atoms with Crippen LogP contribution in [0.2, 0.25) is 5.02 Å². The summed E-state index contributed by atoms with van der Waals surface area (Å²) in [5.74, 6) is 0.445. The lowest BCUT2D eigenvalue weighted by Gasteiger charge is -2.33. The lowest BCUT2D eigenvalue weighted by atomic mass is 9.96. The number of anilines is 2. The van der Waals surface area contributed by atoms with Gasteiger partial charge in [-0.2, -0.15) is 18.3 Å². The Morgan fingerprint density at radius 3 is 2.72 bits per heavy atom. The number of carbonyl (C=O) groups excluding carboxylic acids is 1. The van der Waals surface area contributed by atoms with Crippen molar-refractivity contribution in [3.05, 3.63) is 64.8 Å². The van der Waals surface area contributed by atoms with Crippen LogP contribution in [-0.2, 0) is 0 Å². The fraction of sp³-hybridized carbons (Fsp3) is 0.238. The number of aromatic nitrogens is 2. The van der Waals surface area contributed by atoms with Gasteiger partial charge in [0.2, 0.25) is 6.79 Å². The van der Waals surface area contributed by atoms with E-state index in [0.29, 0.717) is 27.8 Å². The molecule has 1 amide bonds. The normalized spacial score (nSPS) is 19.2. The molecule has 166 valence electrons. The van der Waals surface area contributed by atoms with Crippen LogP contribution in [0.1, 0.15) is 34.6 Å². The van der Waals surface area contributed by atoms with Crippen molar-refractivity contribution in [2.75, 3.05) is 17.4 Å². The van der Waals surface area contributed by atoms with Crippen LogP contribution in [0.3, 0.4) is 0 Å². The van der Waals surface area contributed by atoms with Gasteiger partial charge in [-0.05, 0) is 29.8 Å². The Balaban J connectivity index is 1.46. The minimum atomic E-state index is -4.56. The smallest absolute Gasteiger partial charge is 0.410 e. The Morgan fingerprint density at radius 1 is 1.16 bits per heavy atom. The van der Waals surface area contributed by atoms with E-state index in [9.17, 15) is 18.0 Å². The first kappa shape index (κ1) is 20.5. The van der Waals surface area contributed by atoms with E-state index in [4.69, 9.17) is 21.1 Å². The highest BCUT2D eigenvalue weighted by Gasteiger charge is 2.47. The topological polar surface area (TPSA) is 77.4 Å². The predicted molar refractivity (Wildman–Crippen MR) is 110 cm³/mol. The zero-order valence-corrected chi connectivity index (χ0v) is 17.1. The van der Waals surface area contributed by atoms with Crippen molar-refractivity contribution in [2.45, 2.75) is 24.7 Å². The Morgan fingerprint density at radius 2 is 1.94 bits per heavy atom. The maximum atomic E-state index is 13.9. The van der Waals surface area contributed by atoms with E-state index in [1.807, 2.05) is 0 Å². The van der Waals surface area contributed by atoms with Gasteiger partial charge in [-0.1, -0.05) is 29.8 Å². The number of amides is 1. The van der Waals surface area contributed by atoms with Gasteiger partial charge in [-0.15, -0.1) is 0 Å². The van der Waals surface area contributed by atoms with Crippen LogP contribution < -0.4 is 20.1 Å². The predicted octanol–water partition coefficient (Wildman–Crippen LogP) is 5.18. The largest absolute Gasteiger partial charge is 0.454 e. The minimum Gasteiger partial charge on any atom is -0.454 e. The van der Waals surface area contributed by atoms with Crippen LogP contribution in [-0.4, -0.2) is 28.7 Å². The number of hydrogen-bond donors (Lipinski definition) is 2. The van der Waals surface area contributed by atoms with Gasteiger partial charge in [-0.25, -0.2) is 4.68 Å². The number of rotatable bonds is 3. The molecule has 7 nitrogen and oxygen atoms in total. The lowest BCUT2D eigenvalue weighted by Crippen LogP contribution is -2.35. The van der Waals surface area contributed by atoms with Gasteiger partial charge in [0.1, 0.15) is 5.82 Å². The fourth-order valence-corrected chi connectivity index (χ4v) is 3.96. The van der Waals surface area contributed by atoms with Crippen LogP contribution in [0, 0.1) is 0 Å². The third-order valence-electron chi connectivity index (χ3n) is 5.34. The number of para-hydroxylation sites is 1. The molecule has 2 N–H and O–H groups in total. The first-order valence-electron chi connectivity index (χ1n) is 9.68. The summed E-state index contributed by atoms with van der Waals surface area (Å²) in [5, 5.41) is 9.88. The number of halogens is 4. The number of ether oxygens (including phenoxy) is 2. The fourth-order valence-electron chi connectivity index (χ4n) is 3.78. The molecule has 5 rings (SSSR count). The molecular formula is C21H16ClF3N4O3. The molecule has 0 bridgehead atoms. The standard InChI is InChI=1S/C21H16ClF3N4O3/c22-12-3-1-2-4-13(12)27-20(30)15-9-19-26-14(8-18(21(23,24)25)29(19)28-15)11-5-6-16-17(7-11)32-10-31-16/h1-7,9,14,18,26H,8,10H2,(H,27,30)/t14-,18+/m1/s1. The monoisotopic (exact) mass is 464 g/mol. The Bertz CT molecular complexity index is 1200. The van der Waals surface area contributed by atoms with Crippen LogP contribution in [0.4, 0.5) is 24.7 Å². The first-order chi connectivity index (χ1) is 15.3. The Kier molecular flexibility index (Phi) is 4.89. The molecule has 3 heterocycles. The molecule has 32 heavy (non-hydrogen) atoms. The maximum Gasteiger partial charge on any atom is 0.410 e. The van der Waals surface area contributed by atoms with Gasteiger partial charge in [0, 0.05) is 12.5 Å². The summed E-state index contributed by atoms with van der Waals surface area (Å²) >= 11 is 6.05. The molecule has 0 aliphatic carbocycles. The molecular weight excluding hydrogens is 449 g/mol. The molecule has 0 spiro atoms. The summed E-state index contributed by atoms with van der Waals surface area (Å²) in [5.41, 5.74) is 0.787. The molecule has 1 aromatic heterocycles. The second-order valence-electron chi connectivity index (χ2n) is 7.40. The van der Waals surface area contributed by atoms with Crippen molar-refractivity contribution < 1.29 is 27.4 Å². The third kappa shape index (κ3) is 3.70. The number of benzene rings is 2. The van der Waals surface area contributed by atoms with Crippen molar-refractivity contribution in [2.24, 2.45) is 0 Å². The SMILES string of the molecule is O=C(Nc1ccccc1Cl)c1cc2n(n1)[C@H](C(F)(F)F)C[C@H](c1ccc3c(c1)OCO3)N2. The van der Waals surface area contributed by atoms with Crippen molar-refractivity contribution in [1.29, 1.82) is 0 Å². The molecule has 0 fully saturated rings. The number of alkyl halides is 3. The van der Waals surface area contributed by atoms with E-state index in [2.05, 4.69) is 15.7 Å². The van der Waals surface area contributed by atoms with Crippen LogP contribution in [0.5, 0.6) is 11.5 Å².